The average Bonchev–Trinajstić information content (AvgIpc) is 3.35. The SMILES string of the molecule is Cc1ccc(S(=O)(=O)N2CCC(C(=O)N3CSCC3C(=O)Nc3ccc(C#N)cc3)CC2)cc1. The van der Waals surface area contributed by atoms with Crippen molar-refractivity contribution in [2.45, 2.75) is 30.7 Å². The van der Waals surface area contributed by atoms with Gasteiger partial charge in [0.15, 0.2) is 0 Å². The molecule has 0 bridgehead atoms. The molecule has 1 atom stereocenters. The maximum atomic E-state index is 13.2. The lowest BCUT2D eigenvalue weighted by Gasteiger charge is -2.33. The van der Waals surface area contributed by atoms with E-state index in [1.807, 2.05) is 13.0 Å². The molecule has 2 aliphatic rings. The van der Waals surface area contributed by atoms with Gasteiger partial charge in [0.2, 0.25) is 21.8 Å². The van der Waals surface area contributed by atoms with Crippen LogP contribution in [0.2, 0.25) is 0 Å². The fourth-order valence-electron chi connectivity index (χ4n) is 4.17. The van der Waals surface area contributed by atoms with Crippen molar-refractivity contribution >= 4 is 39.3 Å². The number of rotatable bonds is 5. The maximum absolute atomic E-state index is 13.2. The molecular weight excluding hydrogens is 472 g/mol. The lowest BCUT2D eigenvalue weighted by molar-refractivity contribution is -0.140. The van der Waals surface area contributed by atoms with Crippen LogP contribution in [0.1, 0.15) is 24.0 Å². The van der Waals surface area contributed by atoms with Crippen molar-refractivity contribution in [1.82, 2.24) is 9.21 Å². The van der Waals surface area contributed by atoms with E-state index >= 15 is 0 Å². The van der Waals surface area contributed by atoms with Crippen LogP contribution in [0.15, 0.2) is 53.4 Å². The number of amides is 2. The van der Waals surface area contributed by atoms with E-state index in [9.17, 15) is 18.0 Å². The molecule has 4 rings (SSSR count). The largest absolute Gasteiger partial charge is 0.324 e. The van der Waals surface area contributed by atoms with Gasteiger partial charge in [-0.1, -0.05) is 17.7 Å². The van der Waals surface area contributed by atoms with Gasteiger partial charge >= 0.3 is 0 Å². The quantitative estimate of drug-likeness (QED) is 0.679. The summed E-state index contributed by atoms with van der Waals surface area (Å²) in [7, 11) is -3.59. The first-order chi connectivity index (χ1) is 16.3. The molecule has 2 aliphatic heterocycles. The Balaban J connectivity index is 1.36. The minimum Gasteiger partial charge on any atom is -0.324 e. The first kappa shape index (κ1) is 24.3. The van der Waals surface area contributed by atoms with E-state index in [1.165, 1.54) is 16.1 Å². The van der Waals surface area contributed by atoms with Gasteiger partial charge in [-0.2, -0.15) is 9.57 Å². The third-order valence-electron chi connectivity index (χ3n) is 6.21. The third kappa shape index (κ3) is 5.12. The number of hydrogen-bond acceptors (Lipinski definition) is 6. The van der Waals surface area contributed by atoms with Gasteiger partial charge in [0, 0.05) is 30.4 Å². The monoisotopic (exact) mass is 498 g/mol. The Morgan fingerprint density at radius 3 is 2.32 bits per heavy atom. The minimum absolute atomic E-state index is 0.0997. The molecular formula is C24H26N4O4S2. The molecule has 2 amide bonds. The second kappa shape index (κ2) is 10.2. The summed E-state index contributed by atoms with van der Waals surface area (Å²) >= 11 is 1.53. The van der Waals surface area contributed by atoms with Crippen LogP contribution in [0.4, 0.5) is 5.69 Å². The van der Waals surface area contributed by atoms with Gasteiger partial charge < -0.3 is 10.2 Å². The molecule has 178 valence electrons. The van der Waals surface area contributed by atoms with Crippen molar-refractivity contribution in [2.75, 3.05) is 30.0 Å². The summed E-state index contributed by atoms with van der Waals surface area (Å²) in [4.78, 5) is 28.0. The van der Waals surface area contributed by atoms with Crippen molar-refractivity contribution in [2.24, 2.45) is 5.92 Å². The van der Waals surface area contributed by atoms with E-state index < -0.39 is 16.1 Å². The predicted octanol–water partition coefficient (Wildman–Crippen LogP) is 2.81. The van der Waals surface area contributed by atoms with Crippen molar-refractivity contribution in [3.05, 3.63) is 59.7 Å². The molecule has 0 aliphatic carbocycles. The van der Waals surface area contributed by atoms with E-state index in [0.717, 1.165) is 5.56 Å². The number of thioether (sulfide) groups is 1. The fraction of sp³-hybridized carbons (Fsp3) is 0.375. The van der Waals surface area contributed by atoms with Crippen LogP contribution >= 0.6 is 11.8 Å². The normalized spacial score (nSPS) is 19.5. The van der Waals surface area contributed by atoms with E-state index in [-0.39, 0.29) is 35.7 Å². The molecule has 2 saturated heterocycles. The van der Waals surface area contributed by atoms with Gasteiger partial charge in [0.1, 0.15) is 6.04 Å². The molecule has 2 aromatic rings. The number of benzene rings is 2. The van der Waals surface area contributed by atoms with Crippen LogP contribution in [0.3, 0.4) is 0 Å². The van der Waals surface area contributed by atoms with Crippen molar-refractivity contribution in [1.29, 1.82) is 5.26 Å². The average molecular weight is 499 g/mol. The second-order valence-electron chi connectivity index (χ2n) is 8.49. The number of carbonyl (C=O) groups is 2. The number of sulfonamides is 1. The van der Waals surface area contributed by atoms with Crippen LogP contribution in [0.5, 0.6) is 0 Å². The lowest BCUT2D eigenvalue weighted by atomic mass is 9.96. The van der Waals surface area contributed by atoms with Gasteiger partial charge in [-0.3, -0.25) is 9.59 Å². The molecule has 34 heavy (non-hydrogen) atoms. The molecule has 2 fully saturated rings. The van der Waals surface area contributed by atoms with Crippen molar-refractivity contribution < 1.29 is 18.0 Å². The number of anilines is 1. The summed E-state index contributed by atoms with van der Waals surface area (Å²) < 4.78 is 27.3. The van der Waals surface area contributed by atoms with Crippen LogP contribution in [-0.2, 0) is 19.6 Å². The van der Waals surface area contributed by atoms with Crippen molar-refractivity contribution in [3.63, 3.8) is 0 Å². The topological polar surface area (TPSA) is 111 Å². The molecule has 1 unspecified atom stereocenters. The standard InChI is InChI=1S/C24H26N4O4S2/c1-17-2-8-21(9-3-17)34(31,32)27-12-10-19(11-13-27)24(30)28-16-33-15-22(28)23(29)26-20-6-4-18(14-25)5-7-20/h2-9,19,22H,10-13,15-16H2,1H3,(H,26,29). The predicted molar refractivity (Wildman–Crippen MR) is 130 cm³/mol. The number of nitrogens with zero attached hydrogens (tertiary/aromatic N) is 3. The molecule has 0 saturated carbocycles. The Hall–Kier alpha value is -2.87. The van der Waals surface area contributed by atoms with E-state index in [4.69, 9.17) is 5.26 Å². The number of piperidine rings is 1. The van der Waals surface area contributed by atoms with E-state index in [2.05, 4.69) is 5.32 Å². The zero-order chi connectivity index (χ0) is 24.3. The molecule has 0 spiro atoms. The highest BCUT2D eigenvalue weighted by atomic mass is 32.2. The molecule has 2 heterocycles. The van der Waals surface area contributed by atoms with Gasteiger partial charge in [0.25, 0.3) is 0 Å². The first-order valence-corrected chi connectivity index (χ1v) is 13.6. The molecule has 1 N–H and O–H groups in total. The number of nitrogens with one attached hydrogen (secondary N) is 1. The summed E-state index contributed by atoms with van der Waals surface area (Å²) in [6.45, 7) is 2.45. The van der Waals surface area contributed by atoms with Gasteiger partial charge in [-0.25, -0.2) is 8.42 Å². The third-order valence-corrected chi connectivity index (χ3v) is 9.14. The summed E-state index contributed by atoms with van der Waals surface area (Å²) in [6, 6.07) is 14.8. The number of carbonyl (C=O) groups excluding carboxylic acids is 2. The van der Waals surface area contributed by atoms with Crippen molar-refractivity contribution in [3.8, 4) is 6.07 Å². The van der Waals surface area contributed by atoms with Gasteiger partial charge in [-0.15, -0.1) is 11.8 Å². The Morgan fingerprint density at radius 1 is 1.06 bits per heavy atom. The molecule has 8 nitrogen and oxygen atoms in total. The summed E-state index contributed by atoms with van der Waals surface area (Å²) in [6.07, 6.45) is 0.851. The Labute approximate surface area is 204 Å². The van der Waals surface area contributed by atoms with Crippen LogP contribution < -0.4 is 5.32 Å². The lowest BCUT2D eigenvalue weighted by Crippen LogP contribution is -2.49. The molecule has 10 heteroatoms. The Kier molecular flexibility index (Phi) is 7.26. The zero-order valence-electron chi connectivity index (χ0n) is 18.8. The summed E-state index contributed by atoms with van der Waals surface area (Å²) in [5, 5.41) is 11.7. The van der Waals surface area contributed by atoms with Crippen LogP contribution in [-0.4, -0.2) is 60.2 Å². The zero-order valence-corrected chi connectivity index (χ0v) is 20.4. The minimum atomic E-state index is -3.59. The fourth-order valence-corrected chi connectivity index (χ4v) is 6.80. The molecule has 0 radical (unpaired) electrons. The van der Waals surface area contributed by atoms with Crippen LogP contribution in [0.25, 0.3) is 0 Å². The Bertz CT molecular complexity index is 1200. The highest BCUT2D eigenvalue weighted by molar-refractivity contribution is 7.99. The highest BCUT2D eigenvalue weighted by Gasteiger charge is 2.40. The highest BCUT2D eigenvalue weighted by Crippen LogP contribution is 2.29. The summed E-state index contributed by atoms with van der Waals surface area (Å²) in [5.74, 6) is 0.272. The number of hydrogen-bond donors (Lipinski definition) is 1. The van der Waals surface area contributed by atoms with Crippen LogP contribution in [0, 0.1) is 24.2 Å². The smallest absolute Gasteiger partial charge is 0.248 e. The van der Waals surface area contributed by atoms with Gasteiger partial charge in [-0.05, 0) is 56.2 Å². The van der Waals surface area contributed by atoms with E-state index in [1.54, 1.807) is 53.4 Å². The number of nitriles is 1. The maximum Gasteiger partial charge on any atom is 0.248 e. The first-order valence-electron chi connectivity index (χ1n) is 11.1. The summed E-state index contributed by atoms with van der Waals surface area (Å²) in [5.41, 5.74) is 2.06. The van der Waals surface area contributed by atoms with Gasteiger partial charge in [0.05, 0.1) is 22.4 Å². The Morgan fingerprint density at radius 2 is 1.71 bits per heavy atom. The number of aryl methyl sites for hydroxylation is 1. The van der Waals surface area contributed by atoms with E-state index in [0.29, 0.717) is 35.7 Å². The molecule has 2 aromatic carbocycles. The molecule has 0 aromatic heterocycles. The second-order valence-corrected chi connectivity index (χ2v) is 11.4.